The zero-order valence-corrected chi connectivity index (χ0v) is 33.2. The second kappa shape index (κ2) is 25.8. The first-order chi connectivity index (χ1) is 24.7. The quantitative estimate of drug-likeness (QED) is 0.0468. The van der Waals surface area contributed by atoms with E-state index < -0.39 is 0 Å². The molecule has 6 heteroatoms. The van der Waals surface area contributed by atoms with Crippen molar-refractivity contribution in [3.8, 4) is 11.5 Å². The number of aromatic hydroxyl groups is 2. The number of phenols is 2. The van der Waals surface area contributed by atoms with Crippen LogP contribution in [-0.2, 0) is 25.7 Å². The van der Waals surface area contributed by atoms with Crippen LogP contribution < -0.4 is 0 Å². The van der Waals surface area contributed by atoms with Crippen molar-refractivity contribution in [2.75, 3.05) is 34.5 Å². The van der Waals surface area contributed by atoms with Crippen LogP contribution in [0.5, 0.6) is 11.5 Å². The smallest absolute Gasteiger partial charge is 0.119 e. The Bertz CT molecular complexity index is 1340. The summed E-state index contributed by atoms with van der Waals surface area (Å²) in [6.45, 7) is 0. The Balaban J connectivity index is 0.868. The molecule has 0 heterocycles. The SMILES string of the molecule is Oc1ccc(CCCSCCCCCCSSCCCCCCSCCCc2ccc(O)c(Cc3ccccc3)c2)cc1Cc1ccccc1. The number of thioether (sulfide) groups is 2. The zero-order chi connectivity index (χ0) is 34.9. The summed E-state index contributed by atoms with van der Waals surface area (Å²) >= 11 is 4.21. The highest BCUT2D eigenvalue weighted by Gasteiger charge is 2.06. The highest BCUT2D eigenvalue weighted by molar-refractivity contribution is 8.76. The lowest BCUT2D eigenvalue weighted by Gasteiger charge is -2.09. The summed E-state index contributed by atoms with van der Waals surface area (Å²) in [7, 11) is 4.17. The maximum absolute atomic E-state index is 10.3. The molecule has 0 bridgehead atoms. The fraction of sp³-hybridized carbons (Fsp3) is 0.455. The number of hydrogen-bond acceptors (Lipinski definition) is 6. The van der Waals surface area contributed by atoms with E-state index in [2.05, 4.69) is 118 Å². The standard InChI is InChI=1S/C44H58O2S4/c45-43-25-23-39(35-41(43)33-37-17-7-5-8-18-37)21-15-29-47-27-11-1-3-13-31-49-50-32-14-4-2-12-28-48-30-16-22-40-24-26-44(46)42(36-40)34-38-19-9-6-10-20-38/h5-10,17-20,23-26,35-36,45-46H,1-4,11-16,21-22,27-34H2. The maximum Gasteiger partial charge on any atom is 0.119 e. The number of hydrogen-bond donors (Lipinski definition) is 2. The molecular formula is C44H58O2S4. The molecule has 0 aromatic heterocycles. The van der Waals surface area contributed by atoms with Crippen LogP contribution >= 0.6 is 45.1 Å². The largest absolute Gasteiger partial charge is 0.508 e. The van der Waals surface area contributed by atoms with Crippen LogP contribution in [-0.4, -0.2) is 44.7 Å². The molecule has 0 amide bonds. The lowest BCUT2D eigenvalue weighted by Crippen LogP contribution is -1.94. The molecule has 0 saturated heterocycles. The molecule has 270 valence electrons. The summed E-state index contributed by atoms with van der Waals surface area (Å²) in [5.41, 5.74) is 7.21. The van der Waals surface area contributed by atoms with Crippen LogP contribution in [0, 0.1) is 0 Å². The molecule has 0 atom stereocenters. The summed E-state index contributed by atoms with van der Waals surface area (Å²) < 4.78 is 0. The first-order valence-corrected chi connectivity index (χ1v) is 23.6. The molecule has 0 aliphatic carbocycles. The Hall–Kier alpha value is -2.12. The van der Waals surface area contributed by atoms with Gasteiger partial charge in [-0.05, 0) is 120 Å². The molecular weight excluding hydrogens is 689 g/mol. The van der Waals surface area contributed by atoms with Crippen LogP contribution in [0.4, 0.5) is 0 Å². The third-order valence-corrected chi connectivity index (χ3v) is 13.8. The lowest BCUT2D eigenvalue weighted by molar-refractivity contribution is 0.468. The topological polar surface area (TPSA) is 40.5 Å². The molecule has 50 heavy (non-hydrogen) atoms. The van der Waals surface area contributed by atoms with Gasteiger partial charge in [-0.3, -0.25) is 0 Å². The Kier molecular flexibility index (Phi) is 21.0. The van der Waals surface area contributed by atoms with Crippen molar-refractivity contribution in [3.63, 3.8) is 0 Å². The molecule has 0 unspecified atom stereocenters. The van der Waals surface area contributed by atoms with E-state index in [0.717, 1.165) is 36.8 Å². The van der Waals surface area contributed by atoms with Crippen LogP contribution in [0.15, 0.2) is 97.1 Å². The second-order valence-electron chi connectivity index (χ2n) is 13.2. The van der Waals surface area contributed by atoms with Gasteiger partial charge in [0.2, 0.25) is 0 Å². The summed E-state index contributed by atoms with van der Waals surface area (Å²) in [6.07, 6.45) is 17.0. The minimum absolute atomic E-state index is 0.407. The first-order valence-electron chi connectivity index (χ1n) is 18.8. The molecule has 4 rings (SSSR count). The highest BCUT2D eigenvalue weighted by Crippen LogP contribution is 2.26. The van der Waals surface area contributed by atoms with Crippen molar-refractivity contribution in [2.45, 2.75) is 89.9 Å². The van der Waals surface area contributed by atoms with Crippen molar-refractivity contribution in [1.29, 1.82) is 0 Å². The van der Waals surface area contributed by atoms with Gasteiger partial charge in [-0.1, -0.05) is 132 Å². The van der Waals surface area contributed by atoms with Gasteiger partial charge in [0.05, 0.1) is 0 Å². The van der Waals surface area contributed by atoms with Crippen molar-refractivity contribution in [2.24, 2.45) is 0 Å². The molecule has 2 nitrogen and oxygen atoms in total. The molecule has 0 aliphatic rings. The molecule has 2 N–H and O–H groups in total. The predicted molar refractivity (Wildman–Crippen MR) is 228 cm³/mol. The molecule has 0 aliphatic heterocycles. The molecule has 0 radical (unpaired) electrons. The van der Waals surface area contributed by atoms with Gasteiger partial charge in [-0.15, -0.1) is 0 Å². The van der Waals surface area contributed by atoms with Gasteiger partial charge in [0, 0.05) is 24.3 Å². The van der Waals surface area contributed by atoms with E-state index >= 15 is 0 Å². The van der Waals surface area contributed by atoms with Gasteiger partial charge in [0.25, 0.3) is 0 Å². The Morgan fingerprint density at radius 3 is 1.16 bits per heavy atom. The van der Waals surface area contributed by atoms with Crippen molar-refractivity contribution < 1.29 is 10.2 Å². The van der Waals surface area contributed by atoms with Crippen LogP contribution in [0.2, 0.25) is 0 Å². The van der Waals surface area contributed by atoms with Gasteiger partial charge >= 0.3 is 0 Å². The fourth-order valence-electron chi connectivity index (χ4n) is 6.02. The second-order valence-corrected chi connectivity index (χ2v) is 18.3. The van der Waals surface area contributed by atoms with Gasteiger partial charge in [-0.25, -0.2) is 0 Å². The van der Waals surface area contributed by atoms with Crippen LogP contribution in [0.1, 0.15) is 97.6 Å². The highest BCUT2D eigenvalue weighted by atomic mass is 33.1. The van der Waals surface area contributed by atoms with Crippen molar-refractivity contribution >= 4 is 45.1 Å². The summed E-state index contributed by atoms with van der Waals surface area (Å²) in [5, 5.41) is 20.6. The monoisotopic (exact) mass is 746 g/mol. The lowest BCUT2D eigenvalue weighted by atomic mass is 10.00. The van der Waals surface area contributed by atoms with E-state index in [1.807, 2.05) is 24.3 Å². The van der Waals surface area contributed by atoms with Crippen molar-refractivity contribution in [3.05, 3.63) is 130 Å². The van der Waals surface area contributed by atoms with E-state index in [0.29, 0.717) is 11.5 Å². The average Bonchev–Trinajstić information content (AvgIpc) is 3.14. The molecule has 0 spiro atoms. The Morgan fingerprint density at radius 2 is 0.740 bits per heavy atom. The third kappa shape index (κ3) is 17.4. The fourth-order valence-corrected chi connectivity index (χ4v) is 10.2. The van der Waals surface area contributed by atoms with Gasteiger partial charge in [0.1, 0.15) is 11.5 Å². The molecule has 4 aromatic carbocycles. The average molecular weight is 747 g/mol. The minimum Gasteiger partial charge on any atom is -0.508 e. The molecule has 0 fully saturated rings. The van der Waals surface area contributed by atoms with E-state index in [-0.39, 0.29) is 0 Å². The number of phenolic OH excluding ortho intramolecular Hbond substituents is 2. The molecule has 4 aromatic rings. The summed E-state index contributed by atoms with van der Waals surface area (Å²) in [4.78, 5) is 0. The van der Waals surface area contributed by atoms with E-state index in [4.69, 9.17) is 0 Å². The first kappa shape index (κ1) is 40.6. The summed E-state index contributed by atoms with van der Waals surface area (Å²) in [5.74, 6) is 8.42. The number of benzene rings is 4. The van der Waals surface area contributed by atoms with E-state index in [1.165, 1.54) is 121 Å². The van der Waals surface area contributed by atoms with E-state index in [9.17, 15) is 10.2 Å². The normalized spacial score (nSPS) is 11.3. The Morgan fingerprint density at radius 1 is 0.360 bits per heavy atom. The summed E-state index contributed by atoms with van der Waals surface area (Å²) in [6, 6.07) is 33.1. The predicted octanol–water partition coefficient (Wildman–Crippen LogP) is 12.8. The Labute approximate surface area is 319 Å². The van der Waals surface area contributed by atoms with Crippen molar-refractivity contribution in [1.82, 2.24) is 0 Å². The number of rotatable bonds is 27. The van der Waals surface area contributed by atoms with Gasteiger partial charge in [-0.2, -0.15) is 23.5 Å². The van der Waals surface area contributed by atoms with Gasteiger partial charge < -0.3 is 10.2 Å². The number of unbranched alkanes of at least 4 members (excludes halogenated alkanes) is 6. The number of aryl methyl sites for hydroxylation is 2. The van der Waals surface area contributed by atoms with E-state index in [1.54, 1.807) is 0 Å². The van der Waals surface area contributed by atoms with Gasteiger partial charge in [0.15, 0.2) is 0 Å². The van der Waals surface area contributed by atoms with Crippen LogP contribution in [0.3, 0.4) is 0 Å². The van der Waals surface area contributed by atoms with Crippen LogP contribution in [0.25, 0.3) is 0 Å². The maximum atomic E-state index is 10.3. The minimum atomic E-state index is 0.407. The third-order valence-electron chi connectivity index (χ3n) is 8.89. The molecule has 0 saturated carbocycles. The zero-order valence-electron chi connectivity index (χ0n) is 29.9.